The minimum Gasteiger partial charge on any atom is -0.309 e. The number of aromatic nitrogens is 4. The molecule has 3 heterocycles. The highest BCUT2D eigenvalue weighted by Crippen LogP contribution is 2.33. The Morgan fingerprint density at radius 3 is 2.77 bits per heavy atom. The molecule has 0 fully saturated rings. The summed E-state index contributed by atoms with van der Waals surface area (Å²) < 4.78 is 3.69. The van der Waals surface area contributed by atoms with E-state index in [1.807, 2.05) is 42.1 Å². The molecule has 0 amide bonds. The number of fused-ring (bicyclic) bond motifs is 3. The van der Waals surface area contributed by atoms with Crippen LogP contribution >= 0.6 is 11.3 Å². The first kappa shape index (κ1) is 20.2. The number of benzene rings is 1. The molecule has 1 atom stereocenters. The summed E-state index contributed by atoms with van der Waals surface area (Å²) in [7, 11) is 1.99. The van der Waals surface area contributed by atoms with Gasteiger partial charge in [0.15, 0.2) is 0 Å². The zero-order valence-electron chi connectivity index (χ0n) is 18.2. The number of aryl methyl sites for hydroxylation is 3. The second-order valence-electron chi connectivity index (χ2n) is 8.44. The fourth-order valence-corrected chi connectivity index (χ4v) is 5.85. The van der Waals surface area contributed by atoms with Crippen LogP contribution in [0.3, 0.4) is 0 Å². The molecule has 7 heteroatoms. The van der Waals surface area contributed by atoms with Gasteiger partial charge in [-0.2, -0.15) is 5.10 Å². The number of rotatable bonds is 5. The highest BCUT2D eigenvalue weighted by atomic mass is 32.1. The molecule has 3 aromatic heterocycles. The lowest BCUT2D eigenvalue weighted by molar-refractivity contribution is 0.461. The smallest absolute Gasteiger partial charge is 0.262 e. The molecule has 0 spiro atoms. The van der Waals surface area contributed by atoms with Crippen LogP contribution in [0.1, 0.15) is 39.4 Å². The maximum atomic E-state index is 13.2. The summed E-state index contributed by atoms with van der Waals surface area (Å²) >= 11 is 1.68. The van der Waals surface area contributed by atoms with Gasteiger partial charge in [-0.15, -0.1) is 11.3 Å². The standard InChI is InChI=1S/C24H27N5OS/c1-15-20(16(2)28(3)27-15)12-25-18-9-10-19-21(11-18)31-23-22(19)24(30)29(14-26-23)13-17-7-5-4-6-8-17/h4-8,14,18,25H,9-13H2,1-3H3. The van der Waals surface area contributed by atoms with Gasteiger partial charge in [-0.05, 0) is 44.2 Å². The Kier molecular flexibility index (Phi) is 5.24. The van der Waals surface area contributed by atoms with Gasteiger partial charge >= 0.3 is 0 Å². The van der Waals surface area contributed by atoms with Crippen molar-refractivity contribution in [3.63, 3.8) is 0 Å². The summed E-state index contributed by atoms with van der Waals surface area (Å²) in [5.74, 6) is 0. The molecule has 5 rings (SSSR count). The first-order chi connectivity index (χ1) is 15.0. The molecule has 0 aliphatic heterocycles. The van der Waals surface area contributed by atoms with Crippen molar-refractivity contribution in [3.05, 3.63) is 80.0 Å². The number of hydrogen-bond acceptors (Lipinski definition) is 5. The highest BCUT2D eigenvalue weighted by Gasteiger charge is 2.25. The van der Waals surface area contributed by atoms with Gasteiger partial charge in [-0.25, -0.2) is 4.98 Å². The van der Waals surface area contributed by atoms with E-state index >= 15 is 0 Å². The zero-order valence-corrected chi connectivity index (χ0v) is 19.0. The van der Waals surface area contributed by atoms with Gasteiger partial charge in [0, 0.05) is 35.8 Å². The minimum absolute atomic E-state index is 0.0828. The summed E-state index contributed by atoms with van der Waals surface area (Å²) in [4.78, 5) is 20.1. The maximum absolute atomic E-state index is 13.2. The van der Waals surface area contributed by atoms with E-state index in [1.165, 1.54) is 21.7 Å². The third-order valence-corrected chi connectivity index (χ3v) is 7.62. The average molecular weight is 434 g/mol. The number of nitrogens with one attached hydrogen (secondary N) is 1. The van der Waals surface area contributed by atoms with E-state index in [4.69, 9.17) is 0 Å². The van der Waals surface area contributed by atoms with Crippen LogP contribution in [-0.2, 0) is 33.0 Å². The van der Waals surface area contributed by atoms with Crippen molar-refractivity contribution >= 4 is 21.6 Å². The lowest BCUT2D eigenvalue weighted by Gasteiger charge is -2.23. The third-order valence-electron chi connectivity index (χ3n) is 6.46. The first-order valence-electron chi connectivity index (χ1n) is 10.8. The van der Waals surface area contributed by atoms with Crippen molar-refractivity contribution in [2.24, 2.45) is 7.05 Å². The summed E-state index contributed by atoms with van der Waals surface area (Å²) in [6, 6.07) is 10.5. The molecule has 1 aliphatic carbocycles. The fourth-order valence-electron chi connectivity index (χ4n) is 4.59. The molecular weight excluding hydrogens is 406 g/mol. The molecule has 6 nitrogen and oxygen atoms in total. The van der Waals surface area contributed by atoms with Crippen LogP contribution in [0.4, 0.5) is 0 Å². The molecule has 4 aromatic rings. The van der Waals surface area contributed by atoms with Crippen molar-refractivity contribution in [1.82, 2.24) is 24.6 Å². The van der Waals surface area contributed by atoms with Gasteiger partial charge in [0.25, 0.3) is 5.56 Å². The number of nitrogens with zero attached hydrogens (tertiary/aromatic N) is 4. The van der Waals surface area contributed by atoms with Crippen molar-refractivity contribution in [2.75, 3.05) is 0 Å². The van der Waals surface area contributed by atoms with E-state index in [2.05, 4.69) is 29.2 Å². The van der Waals surface area contributed by atoms with Crippen LogP contribution in [0.2, 0.25) is 0 Å². The molecule has 160 valence electrons. The second kappa shape index (κ2) is 8.05. The Labute approximate surface area is 185 Å². The lowest BCUT2D eigenvalue weighted by Crippen LogP contribution is -2.34. The van der Waals surface area contributed by atoms with E-state index < -0.39 is 0 Å². The molecule has 0 radical (unpaired) electrons. The topological polar surface area (TPSA) is 64.7 Å². The zero-order chi connectivity index (χ0) is 21.5. The van der Waals surface area contributed by atoms with Crippen LogP contribution in [0.15, 0.2) is 41.5 Å². The summed E-state index contributed by atoms with van der Waals surface area (Å²) in [5.41, 5.74) is 6.00. The SMILES string of the molecule is Cc1nn(C)c(C)c1CNC1CCc2c(sc3ncn(Cc4ccccc4)c(=O)c23)C1. The van der Waals surface area contributed by atoms with Gasteiger partial charge in [0.05, 0.1) is 24.0 Å². The molecule has 1 aliphatic rings. The third kappa shape index (κ3) is 3.72. The molecular formula is C24H27N5OS. The summed E-state index contributed by atoms with van der Waals surface area (Å²) in [6.45, 7) is 5.58. The first-order valence-corrected chi connectivity index (χ1v) is 11.6. The normalized spacial score (nSPS) is 16.0. The lowest BCUT2D eigenvalue weighted by atomic mass is 9.93. The van der Waals surface area contributed by atoms with E-state index in [9.17, 15) is 4.79 Å². The molecule has 0 saturated heterocycles. The van der Waals surface area contributed by atoms with Crippen molar-refractivity contribution in [3.8, 4) is 0 Å². The predicted molar refractivity (Wildman–Crippen MR) is 125 cm³/mol. The molecule has 0 saturated carbocycles. The van der Waals surface area contributed by atoms with Gasteiger partial charge in [0.2, 0.25) is 0 Å². The molecule has 1 aromatic carbocycles. The van der Waals surface area contributed by atoms with Gasteiger partial charge < -0.3 is 5.32 Å². The van der Waals surface area contributed by atoms with Crippen molar-refractivity contribution < 1.29 is 0 Å². The summed E-state index contributed by atoms with van der Waals surface area (Å²) in [5, 5.41) is 9.08. The summed E-state index contributed by atoms with van der Waals surface area (Å²) in [6.07, 6.45) is 4.60. The largest absolute Gasteiger partial charge is 0.309 e. The molecule has 0 bridgehead atoms. The Hall–Kier alpha value is -2.77. The van der Waals surface area contributed by atoms with Crippen LogP contribution in [0.5, 0.6) is 0 Å². The van der Waals surface area contributed by atoms with Gasteiger partial charge in [-0.1, -0.05) is 30.3 Å². The predicted octanol–water partition coefficient (Wildman–Crippen LogP) is 3.50. The monoisotopic (exact) mass is 433 g/mol. The maximum Gasteiger partial charge on any atom is 0.262 e. The molecule has 1 unspecified atom stereocenters. The Bertz CT molecular complexity index is 1300. The number of thiophene rings is 1. The molecule has 1 N–H and O–H groups in total. The van der Waals surface area contributed by atoms with Crippen LogP contribution < -0.4 is 10.9 Å². The average Bonchev–Trinajstić information content (AvgIpc) is 3.25. The minimum atomic E-state index is 0.0828. The van der Waals surface area contributed by atoms with E-state index in [-0.39, 0.29) is 5.56 Å². The quantitative estimate of drug-likeness (QED) is 0.523. The molecule has 31 heavy (non-hydrogen) atoms. The number of hydrogen-bond donors (Lipinski definition) is 1. The Morgan fingerprint density at radius 1 is 1.23 bits per heavy atom. The van der Waals surface area contributed by atoms with Gasteiger partial charge in [-0.3, -0.25) is 14.0 Å². The van der Waals surface area contributed by atoms with Crippen molar-refractivity contribution in [2.45, 2.75) is 52.2 Å². The van der Waals surface area contributed by atoms with E-state index in [1.54, 1.807) is 22.2 Å². The fraction of sp³-hybridized carbons (Fsp3) is 0.375. The van der Waals surface area contributed by atoms with Crippen LogP contribution in [-0.4, -0.2) is 25.4 Å². The van der Waals surface area contributed by atoms with Crippen LogP contribution in [0.25, 0.3) is 10.2 Å². The highest BCUT2D eigenvalue weighted by molar-refractivity contribution is 7.18. The second-order valence-corrected chi connectivity index (χ2v) is 9.52. The Morgan fingerprint density at radius 2 is 2.03 bits per heavy atom. The van der Waals surface area contributed by atoms with E-state index in [0.717, 1.165) is 47.3 Å². The van der Waals surface area contributed by atoms with Gasteiger partial charge in [0.1, 0.15) is 4.83 Å². The Balaban J connectivity index is 1.37. The van der Waals surface area contributed by atoms with E-state index in [0.29, 0.717) is 12.6 Å². The van der Waals surface area contributed by atoms with Crippen LogP contribution in [0, 0.1) is 13.8 Å². The van der Waals surface area contributed by atoms with Crippen molar-refractivity contribution in [1.29, 1.82) is 0 Å².